The SMILES string of the molecule is O=C(CCC(=O)c1ccc(Br)cc1)OCc1cc(-c2ccccc2)on1. The fourth-order valence-corrected chi connectivity index (χ4v) is 2.60. The van der Waals surface area contributed by atoms with Gasteiger partial charge in [-0.15, -0.1) is 0 Å². The standard InChI is InChI=1S/C20H16BrNO4/c21-16-8-6-14(7-9-16)18(23)10-11-20(24)25-13-17-12-19(26-22-17)15-4-2-1-3-5-15/h1-9,12H,10-11,13H2. The van der Waals surface area contributed by atoms with E-state index in [1.165, 1.54) is 0 Å². The number of hydrogen-bond acceptors (Lipinski definition) is 5. The van der Waals surface area contributed by atoms with Crippen LogP contribution in [0.3, 0.4) is 0 Å². The van der Waals surface area contributed by atoms with Crippen LogP contribution in [0.2, 0.25) is 0 Å². The Morgan fingerprint density at radius 3 is 2.46 bits per heavy atom. The molecule has 132 valence electrons. The van der Waals surface area contributed by atoms with Crippen LogP contribution in [0.25, 0.3) is 11.3 Å². The molecule has 6 heteroatoms. The average molecular weight is 414 g/mol. The van der Waals surface area contributed by atoms with Crippen molar-refractivity contribution in [1.29, 1.82) is 0 Å². The van der Waals surface area contributed by atoms with Crippen molar-refractivity contribution in [2.75, 3.05) is 0 Å². The van der Waals surface area contributed by atoms with Gasteiger partial charge < -0.3 is 9.26 Å². The first-order valence-electron chi connectivity index (χ1n) is 8.07. The van der Waals surface area contributed by atoms with Crippen LogP contribution in [0.1, 0.15) is 28.9 Å². The van der Waals surface area contributed by atoms with Gasteiger partial charge in [-0.05, 0) is 12.1 Å². The predicted octanol–water partition coefficient (Wildman–Crippen LogP) is 4.81. The van der Waals surface area contributed by atoms with Gasteiger partial charge in [0.15, 0.2) is 11.5 Å². The number of rotatable bonds is 7. The summed E-state index contributed by atoms with van der Waals surface area (Å²) in [6.07, 6.45) is 0.132. The van der Waals surface area contributed by atoms with E-state index in [4.69, 9.17) is 9.26 Å². The minimum absolute atomic E-state index is 0.0155. The maximum absolute atomic E-state index is 12.0. The van der Waals surface area contributed by atoms with Crippen LogP contribution in [0, 0.1) is 0 Å². The smallest absolute Gasteiger partial charge is 0.306 e. The molecule has 1 heterocycles. The molecule has 0 amide bonds. The largest absolute Gasteiger partial charge is 0.459 e. The van der Waals surface area contributed by atoms with E-state index in [9.17, 15) is 9.59 Å². The number of carbonyl (C=O) groups excluding carboxylic acids is 2. The van der Waals surface area contributed by atoms with Crippen molar-refractivity contribution in [3.8, 4) is 11.3 Å². The first-order chi connectivity index (χ1) is 12.6. The molecule has 2 aromatic carbocycles. The second-order valence-corrected chi connectivity index (χ2v) is 6.55. The normalized spacial score (nSPS) is 10.5. The number of hydrogen-bond donors (Lipinski definition) is 0. The third-order valence-electron chi connectivity index (χ3n) is 3.72. The highest BCUT2D eigenvalue weighted by molar-refractivity contribution is 9.10. The van der Waals surface area contributed by atoms with Gasteiger partial charge in [0.2, 0.25) is 0 Å². The molecule has 0 aliphatic carbocycles. The summed E-state index contributed by atoms with van der Waals surface area (Å²) in [4.78, 5) is 23.9. The molecule has 0 bridgehead atoms. The van der Waals surface area contributed by atoms with Crippen molar-refractivity contribution in [3.63, 3.8) is 0 Å². The Balaban J connectivity index is 1.46. The molecule has 0 aliphatic heterocycles. The van der Waals surface area contributed by atoms with Crippen molar-refractivity contribution in [2.45, 2.75) is 19.4 Å². The number of carbonyl (C=O) groups is 2. The van der Waals surface area contributed by atoms with Crippen LogP contribution >= 0.6 is 15.9 Å². The highest BCUT2D eigenvalue weighted by Gasteiger charge is 2.12. The minimum Gasteiger partial charge on any atom is -0.459 e. The summed E-state index contributed by atoms with van der Waals surface area (Å²) in [5, 5.41) is 3.89. The lowest BCUT2D eigenvalue weighted by molar-refractivity contribution is -0.145. The summed E-state index contributed by atoms with van der Waals surface area (Å²) in [5.41, 5.74) is 2.00. The lowest BCUT2D eigenvalue weighted by Gasteiger charge is -2.03. The Morgan fingerprint density at radius 2 is 1.73 bits per heavy atom. The van der Waals surface area contributed by atoms with Gasteiger partial charge in [-0.1, -0.05) is 63.6 Å². The zero-order valence-electron chi connectivity index (χ0n) is 13.9. The molecule has 3 aromatic rings. The molecule has 0 atom stereocenters. The number of ketones is 1. The van der Waals surface area contributed by atoms with Crippen molar-refractivity contribution >= 4 is 27.7 Å². The monoisotopic (exact) mass is 413 g/mol. The van der Waals surface area contributed by atoms with E-state index in [1.54, 1.807) is 30.3 Å². The minimum atomic E-state index is -0.445. The number of benzene rings is 2. The van der Waals surface area contributed by atoms with Crippen molar-refractivity contribution in [3.05, 3.63) is 76.4 Å². The number of halogens is 1. The van der Waals surface area contributed by atoms with E-state index in [-0.39, 0.29) is 25.2 Å². The second-order valence-electron chi connectivity index (χ2n) is 5.64. The molecule has 0 fully saturated rings. The Morgan fingerprint density at radius 1 is 1.00 bits per heavy atom. The molecule has 3 rings (SSSR count). The molecule has 1 aromatic heterocycles. The van der Waals surface area contributed by atoms with Gasteiger partial charge in [0.1, 0.15) is 12.3 Å². The number of Topliss-reactive ketones (excluding diaryl/α,β-unsaturated/α-hetero) is 1. The molecular formula is C20H16BrNO4. The summed E-state index contributed by atoms with van der Waals surface area (Å²) in [5.74, 6) is 0.0732. The Labute approximate surface area is 159 Å². The van der Waals surface area contributed by atoms with Crippen LogP contribution in [-0.2, 0) is 16.1 Å². The fraction of sp³-hybridized carbons (Fsp3) is 0.150. The summed E-state index contributed by atoms with van der Waals surface area (Å²) in [7, 11) is 0. The van der Waals surface area contributed by atoms with Crippen molar-refractivity contribution < 1.29 is 18.8 Å². The molecule has 0 aliphatic rings. The topological polar surface area (TPSA) is 69.4 Å². The lowest BCUT2D eigenvalue weighted by atomic mass is 10.1. The van der Waals surface area contributed by atoms with E-state index < -0.39 is 5.97 Å². The predicted molar refractivity (Wildman–Crippen MR) is 99.4 cm³/mol. The molecular weight excluding hydrogens is 398 g/mol. The van der Waals surface area contributed by atoms with E-state index in [1.807, 2.05) is 30.3 Å². The Hall–Kier alpha value is -2.73. The summed E-state index contributed by atoms with van der Waals surface area (Å²) in [6, 6.07) is 18.3. The molecule has 0 radical (unpaired) electrons. The van der Waals surface area contributed by atoms with Crippen LogP contribution in [0.4, 0.5) is 0 Å². The maximum Gasteiger partial charge on any atom is 0.306 e. The van der Waals surface area contributed by atoms with Crippen LogP contribution < -0.4 is 0 Å². The van der Waals surface area contributed by atoms with E-state index in [2.05, 4.69) is 21.1 Å². The molecule has 5 nitrogen and oxygen atoms in total. The van der Waals surface area contributed by atoms with E-state index >= 15 is 0 Å². The number of ether oxygens (including phenoxy) is 1. The molecule has 0 saturated carbocycles. The quantitative estimate of drug-likeness (QED) is 0.410. The third kappa shape index (κ3) is 4.89. The van der Waals surface area contributed by atoms with Crippen molar-refractivity contribution in [2.24, 2.45) is 0 Å². The molecule has 0 saturated heterocycles. The van der Waals surface area contributed by atoms with Gasteiger partial charge in [0.25, 0.3) is 0 Å². The van der Waals surface area contributed by atoms with E-state index in [0.29, 0.717) is 17.0 Å². The van der Waals surface area contributed by atoms with Crippen molar-refractivity contribution in [1.82, 2.24) is 5.16 Å². The second kappa shape index (κ2) is 8.58. The Kier molecular flexibility index (Phi) is 5.96. The Bertz CT molecular complexity index is 888. The number of nitrogens with zero attached hydrogens (tertiary/aromatic N) is 1. The lowest BCUT2D eigenvalue weighted by Crippen LogP contribution is -2.08. The summed E-state index contributed by atoms with van der Waals surface area (Å²) in [6.45, 7) is 0.0155. The zero-order chi connectivity index (χ0) is 18.4. The van der Waals surface area contributed by atoms with Gasteiger partial charge in [-0.2, -0.15) is 0 Å². The van der Waals surface area contributed by atoms with Gasteiger partial charge >= 0.3 is 5.97 Å². The highest BCUT2D eigenvalue weighted by atomic mass is 79.9. The number of aromatic nitrogens is 1. The van der Waals surface area contributed by atoms with Crippen LogP contribution in [0.15, 0.2) is 69.7 Å². The van der Waals surface area contributed by atoms with Gasteiger partial charge in [-0.3, -0.25) is 9.59 Å². The van der Waals surface area contributed by atoms with Gasteiger partial charge in [0, 0.05) is 28.1 Å². The molecule has 26 heavy (non-hydrogen) atoms. The first kappa shape index (κ1) is 18.1. The van der Waals surface area contributed by atoms with Crippen LogP contribution in [0.5, 0.6) is 0 Å². The summed E-state index contributed by atoms with van der Waals surface area (Å²) >= 11 is 3.32. The first-order valence-corrected chi connectivity index (χ1v) is 8.86. The fourth-order valence-electron chi connectivity index (χ4n) is 2.34. The molecule has 0 unspecified atom stereocenters. The molecule has 0 spiro atoms. The van der Waals surface area contributed by atoms with E-state index in [0.717, 1.165) is 10.0 Å². The van der Waals surface area contributed by atoms with Gasteiger partial charge in [0.05, 0.1) is 6.42 Å². The maximum atomic E-state index is 12.0. The zero-order valence-corrected chi connectivity index (χ0v) is 15.4. The number of esters is 1. The molecule has 0 N–H and O–H groups in total. The van der Waals surface area contributed by atoms with Gasteiger partial charge in [-0.25, -0.2) is 0 Å². The summed E-state index contributed by atoms with van der Waals surface area (Å²) < 4.78 is 11.3. The van der Waals surface area contributed by atoms with Crippen LogP contribution in [-0.4, -0.2) is 16.9 Å². The highest BCUT2D eigenvalue weighted by Crippen LogP contribution is 2.20. The average Bonchev–Trinajstić information content (AvgIpc) is 3.15. The third-order valence-corrected chi connectivity index (χ3v) is 4.25.